The van der Waals surface area contributed by atoms with Gasteiger partial charge in [0, 0.05) is 25.5 Å². The third kappa shape index (κ3) is 2.43. The summed E-state index contributed by atoms with van der Waals surface area (Å²) >= 11 is 0. The summed E-state index contributed by atoms with van der Waals surface area (Å²) in [6, 6.07) is 3.98. The molecular formula is C17H20N2O3. The van der Waals surface area contributed by atoms with Crippen LogP contribution in [-0.2, 0) is 13.0 Å². The van der Waals surface area contributed by atoms with Crippen molar-refractivity contribution in [1.29, 1.82) is 0 Å². The van der Waals surface area contributed by atoms with Crippen molar-refractivity contribution in [1.82, 2.24) is 9.88 Å². The molecular weight excluding hydrogens is 280 g/mol. The molecule has 116 valence electrons. The number of nitrogens with zero attached hydrogens (tertiary/aromatic N) is 1. The summed E-state index contributed by atoms with van der Waals surface area (Å²) in [5, 5.41) is 0. The van der Waals surface area contributed by atoms with E-state index >= 15 is 0 Å². The highest BCUT2D eigenvalue weighted by molar-refractivity contribution is 5.95. The largest absolute Gasteiger partial charge is 0.493 e. The molecule has 0 atom stereocenters. The summed E-state index contributed by atoms with van der Waals surface area (Å²) in [5.41, 5.74) is 4.05. The Morgan fingerprint density at radius 3 is 2.41 bits per heavy atom. The molecule has 1 N–H and O–H groups in total. The average molecular weight is 300 g/mol. The van der Waals surface area contributed by atoms with Gasteiger partial charge in [-0.1, -0.05) is 0 Å². The van der Waals surface area contributed by atoms with Crippen LogP contribution in [0.3, 0.4) is 0 Å². The Bertz CT molecular complexity index is 706. The van der Waals surface area contributed by atoms with Gasteiger partial charge in [0.2, 0.25) is 0 Å². The number of methoxy groups -OCH3 is 2. The molecule has 22 heavy (non-hydrogen) atoms. The Kier molecular flexibility index (Phi) is 3.79. The van der Waals surface area contributed by atoms with Gasteiger partial charge in [0.1, 0.15) is 0 Å². The number of hydrogen-bond donors (Lipinski definition) is 1. The second-order valence-electron chi connectivity index (χ2n) is 5.50. The van der Waals surface area contributed by atoms with E-state index in [-0.39, 0.29) is 5.91 Å². The first kappa shape index (κ1) is 14.5. The van der Waals surface area contributed by atoms with Crippen LogP contribution in [0.2, 0.25) is 0 Å². The van der Waals surface area contributed by atoms with Crippen molar-refractivity contribution in [2.75, 3.05) is 20.8 Å². The van der Waals surface area contributed by atoms with Gasteiger partial charge < -0.3 is 19.4 Å². The van der Waals surface area contributed by atoms with Gasteiger partial charge in [0.05, 0.1) is 19.8 Å². The number of benzene rings is 1. The van der Waals surface area contributed by atoms with Crippen LogP contribution in [0.15, 0.2) is 24.5 Å². The maximum Gasteiger partial charge on any atom is 0.255 e. The van der Waals surface area contributed by atoms with E-state index in [0.29, 0.717) is 18.8 Å². The summed E-state index contributed by atoms with van der Waals surface area (Å²) in [7, 11) is 3.26. The third-order valence-electron chi connectivity index (χ3n) is 4.19. The first-order valence-electron chi connectivity index (χ1n) is 7.30. The number of ether oxygens (including phenoxy) is 2. The third-order valence-corrected chi connectivity index (χ3v) is 4.19. The summed E-state index contributed by atoms with van der Waals surface area (Å²) in [4.78, 5) is 17.5. The van der Waals surface area contributed by atoms with Crippen molar-refractivity contribution in [2.24, 2.45) is 0 Å². The van der Waals surface area contributed by atoms with Crippen LogP contribution in [-0.4, -0.2) is 36.6 Å². The molecule has 0 aliphatic carbocycles. The Hall–Kier alpha value is -2.43. The lowest BCUT2D eigenvalue weighted by Gasteiger charge is -2.29. The van der Waals surface area contributed by atoms with E-state index in [1.54, 1.807) is 20.4 Å². The zero-order valence-electron chi connectivity index (χ0n) is 13.1. The number of rotatable bonds is 3. The van der Waals surface area contributed by atoms with Gasteiger partial charge in [-0.25, -0.2) is 0 Å². The molecule has 5 nitrogen and oxygen atoms in total. The number of aryl methyl sites for hydroxylation is 1. The molecule has 1 amide bonds. The highest BCUT2D eigenvalue weighted by Gasteiger charge is 2.24. The molecule has 0 unspecified atom stereocenters. The lowest BCUT2D eigenvalue weighted by molar-refractivity contribution is 0.0734. The fourth-order valence-electron chi connectivity index (χ4n) is 2.90. The van der Waals surface area contributed by atoms with Gasteiger partial charge in [-0.3, -0.25) is 4.79 Å². The van der Waals surface area contributed by atoms with Crippen molar-refractivity contribution in [3.63, 3.8) is 0 Å². The molecule has 1 aliphatic rings. The highest BCUT2D eigenvalue weighted by Crippen LogP contribution is 2.33. The summed E-state index contributed by atoms with van der Waals surface area (Å²) in [6.45, 7) is 3.25. The molecule has 0 bridgehead atoms. The molecule has 0 saturated heterocycles. The van der Waals surface area contributed by atoms with E-state index in [4.69, 9.17) is 9.47 Å². The number of carbonyl (C=O) groups excluding carboxylic acids is 1. The summed E-state index contributed by atoms with van der Waals surface area (Å²) < 4.78 is 10.7. The lowest BCUT2D eigenvalue weighted by atomic mass is 9.98. The maximum absolute atomic E-state index is 12.6. The Morgan fingerprint density at radius 1 is 1.14 bits per heavy atom. The second-order valence-corrected chi connectivity index (χ2v) is 5.50. The molecule has 0 saturated carbocycles. The average Bonchev–Trinajstić information content (AvgIpc) is 2.98. The van der Waals surface area contributed by atoms with Crippen LogP contribution in [0.25, 0.3) is 0 Å². The van der Waals surface area contributed by atoms with Crippen LogP contribution < -0.4 is 9.47 Å². The zero-order chi connectivity index (χ0) is 15.7. The van der Waals surface area contributed by atoms with Gasteiger partial charge in [-0.15, -0.1) is 0 Å². The number of nitrogens with one attached hydrogen (secondary N) is 1. The predicted octanol–water partition coefficient (Wildman–Crippen LogP) is 2.54. The quantitative estimate of drug-likeness (QED) is 0.947. The number of fused-ring (bicyclic) bond motifs is 1. The van der Waals surface area contributed by atoms with Crippen LogP contribution in [0.1, 0.15) is 27.0 Å². The second kappa shape index (κ2) is 5.75. The fourth-order valence-corrected chi connectivity index (χ4v) is 2.90. The zero-order valence-corrected chi connectivity index (χ0v) is 13.1. The molecule has 2 aromatic rings. The minimum Gasteiger partial charge on any atom is -0.493 e. The van der Waals surface area contributed by atoms with Gasteiger partial charge in [-0.2, -0.15) is 0 Å². The van der Waals surface area contributed by atoms with E-state index in [2.05, 4.69) is 4.98 Å². The molecule has 2 heterocycles. The minimum atomic E-state index is 0.0687. The number of aromatic nitrogens is 1. The van der Waals surface area contributed by atoms with Crippen LogP contribution in [0, 0.1) is 6.92 Å². The smallest absolute Gasteiger partial charge is 0.255 e. The Balaban J connectivity index is 1.87. The molecule has 5 heteroatoms. The minimum absolute atomic E-state index is 0.0687. The van der Waals surface area contributed by atoms with E-state index in [1.165, 1.54) is 5.56 Å². The molecule has 3 rings (SSSR count). The number of amides is 1. The van der Waals surface area contributed by atoms with Crippen molar-refractivity contribution in [2.45, 2.75) is 19.9 Å². The van der Waals surface area contributed by atoms with Gasteiger partial charge in [0.15, 0.2) is 11.5 Å². The van der Waals surface area contributed by atoms with Gasteiger partial charge in [-0.05, 0) is 42.2 Å². The Labute approximate surface area is 129 Å². The first-order chi connectivity index (χ1) is 10.6. The van der Waals surface area contributed by atoms with E-state index < -0.39 is 0 Å². The van der Waals surface area contributed by atoms with Crippen molar-refractivity contribution >= 4 is 5.91 Å². The van der Waals surface area contributed by atoms with Crippen LogP contribution >= 0.6 is 0 Å². The summed E-state index contributed by atoms with van der Waals surface area (Å²) in [6.07, 6.45) is 4.44. The molecule has 0 spiro atoms. The van der Waals surface area contributed by atoms with Crippen molar-refractivity contribution in [3.8, 4) is 11.5 Å². The van der Waals surface area contributed by atoms with Gasteiger partial charge in [0.25, 0.3) is 5.91 Å². The Morgan fingerprint density at radius 2 is 1.82 bits per heavy atom. The van der Waals surface area contributed by atoms with Crippen LogP contribution in [0.4, 0.5) is 0 Å². The van der Waals surface area contributed by atoms with E-state index in [9.17, 15) is 4.79 Å². The van der Waals surface area contributed by atoms with Crippen molar-refractivity contribution in [3.05, 3.63) is 46.8 Å². The van der Waals surface area contributed by atoms with Crippen LogP contribution in [0.5, 0.6) is 11.5 Å². The van der Waals surface area contributed by atoms with Crippen molar-refractivity contribution < 1.29 is 14.3 Å². The predicted molar refractivity (Wildman–Crippen MR) is 83.5 cm³/mol. The SMILES string of the molecule is COc1cc2c(cc1OC)CN(C(=O)c1c[nH]cc1C)CC2. The monoisotopic (exact) mass is 300 g/mol. The normalized spacial score (nSPS) is 13.7. The summed E-state index contributed by atoms with van der Waals surface area (Å²) in [5.74, 6) is 1.51. The molecule has 1 aromatic heterocycles. The number of carbonyl (C=O) groups is 1. The number of aromatic amines is 1. The standard InChI is InChI=1S/C17H20N2O3/c1-11-8-18-9-14(11)17(20)19-5-4-12-6-15(21-2)16(22-3)7-13(12)10-19/h6-9,18H,4-5,10H2,1-3H3. The maximum atomic E-state index is 12.6. The molecule has 0 fully saturated rings. The molecule has 0 radical (unpaired) electrons. The van der Waals surface area contributed by atoms with E-state index in [1.807, 2.05) is 30.2 Å². The first-order valence-corrected chi connectivity index (χ1v) is 7.30. The van der Waals surface area contributed by atoms with Gasteiger partial charge >= 0.3 is 0 Å². The molecule has 1 aliphatic heterocycles. The lowest BCUT2D eigenvalue weighted by Crippen LogP contribution is -2.36. The highest BCUT2D eigenvalue weighted by atomic mass is 16.5. The molecule has 1 aromatic carbocycles. The fraction of sp³-hybridized carbons (Fsp3) is 0.353. The number of hydrogen-bond acceptors (Lipinski definition) is 3. The number of H-pyrrole nitrogens is 1. The van der Waals surface area contributed by atoms with E-state index in [0.717, 1.165) is 28.9 Å². The topological polar surface area (TPSA) is 54.6 Å².